The van der Waals surface area contributed by atoms with Gasteiger partial charge in [0.2, 0.25) is 0 Å². The SMILES string of the molecule is CC(C)C(N)C(F)c1ccccc1. The summed E-state index contributed by atoms with van der Waals surface area (Å²) in [5.41, 5.74) is 6.39. The molecule has 0 bridgehead atoms. The molecule has 0 amide bonds. The molecule has 72 valence electrons. The van der Waals surface area contributed by atoms with Crippen molar-refractivity contribution in [2.75, 3.05) is 0 Å². The molecule has 2 heteroatoms. The molecule has 0 aliphatic rings. The molecular formula is C11H16FN. The van der Waals surface area contributed by atoms with E-state index < -0.39 is 12.2 Å². The van der Waals surface area contributed by atoms with E-state index in [0.29, 0.717) is 5.56 Å². The van der Waals surface area contributed by atoms with E-state index in [-0.39, 0.29) is 5.92 Å². The number of nitrogens with two attached hydrogens (primary N) is 1. The van der Waals surface area contributed by atoms with Gasteiger partial charge in [0.15, 0.2) is 0 Å². The minimum atomic E-state index is -1.05. The van der Waals surface area contributed by atoms with E-state index in [1.54, 1.807) is 12.1 Å². The van der Waals surface area contributed by atoms with Crippen LogP contribution in [0.2, 0.25) is 0 Å². The van der Waals surface area contributed by atoms with Crippen LogP contribution in [-0.2, 0) is 0 Å². The van der Waals surface area contributed by atoms with Crippen LogP contribution < -0.4 is 5.73 Å². The summed E-state index contributed by atoms with van der Waals surface area (Å²) < 4.78 is 13.7. The van der Waals surface area contributed by atoms with Gasteiger partial charge < -0.3 is 5.73 Å². The van der Waals surface area contributed by atoms with Crippen molar-refractivity contribution >= 4 is 0 Å². The van der Waals surface area contributed by atoms with Gasteiger partial charge in [-0.3, -0.25) is 0 Å². The summed E-state index contributed by atoms with van der Waals surface area (Å²) in [5, 5.41) is 0. The van der Waals surface area contributed by atoms with Crippen molar-refractivity contribution in [1.29, 1.82) is 0 Å². The predicted molar refractivity (Wildman–Crippen MR) is 53.1 cm³/mol. The van der Waals surface area contributed by atoms with E-state index in [2.05, 4.69) is 0 Å². The van der Waals surface area contributed by atoms with Gasteiger partial charge in [-0.2, -0.15) is 0 Å². The van der Waals surface area contributed by atoms with Crippen molar-refractivity contribution in [3.63, 3.8) is 0 Å². The third-order valence-corrected chi connectivity index (χ3v) is 2.23. The molecule has 2 atom stereocenters. The highest BCUT2D eigenvalue weighted by atomic mass is 19.1. The van der Waals surface area contributed by atoms with Crippen LogP contribution in [0.25, 0.3) is 0 Å². The lowest BCUT2D eigenvalue weighted by Crippen LogP contribution is -2.31. The van der Waals surface area contributed by atoms with E-state index in [1.165, 1.54) is 0 Å². The molecule has 0 saturated heterocycles. The second-order valence-corrected chi connectivity index (χ2v) is 3.63. The predicted octanol–water partition coefficient (Wildman–Crippen LogP) is 2.68. The molecule has 1 aromatic carbocycles. The molecule has 1 nitrogen and oxygen atoms in total. The first-order chi connectivity index (χ1) is 6.13. The van der Waals surface area contributed by atoms with Gasteiger partial charge in [-0.1, -0.05) is 44.2 Å². The van der Waals surface area contributed by atoms with Gasteiger partial charge >= 0.3 is 0 Å². The fraction of sp³-hybridized carbons (Fsp3) is 0.455. The van der Waals surface area contributed by atoms with Gasteiger partial charge in [-0.15, -0.1) is 0 Å². The average Bonchev–Trinajstić information content (AvgIpc) is 2.17. The first-order valence-electron chi connectivity index (χ1n) is 4.57. The first-order valence-corrected chi connectivity index (χ1v) is 4.57. The van der Waals surface area contributed by atoms with E-state index in [9.17, 15) is 4.39 Å². The van der Waals surface area contributed by atoms with Crippen LogP contribution in [-0.4, -0.2) is 6.04 Å². The van der Waals surface area contributed by atoms with Gasteiger partial charge in [0.05, 0.1) is 0 Å². The van der Waals surface area contributed by atoms with Crippen LogP contribution in [0.15, 0.2) is 30.3 Å². The normalized spacial score (nSPS) is 15.8. The van der Waals surface area contributed by atoms with Crippen LogP contribution in [0.5, 0.6) is 0 Å². The highest BCUT2D eigenvalue weighted by Gasteiger charge is 2.21. The molecule has 0 saturated carbocycles. The first kappa shape index (κ1) is 10.2. The van der Waals surface area contributed by atoms with Crippen molar-refractivity contribution in [2.24, 2.45) is 11.7 Å². The lowest BCUT2D eigenvalue weighted by Gasteiger charge is -2.20. The number of alkyl halides is 1. The summed E-state index contributed by atoms with van der Waals surface area (Å²) in [6.45, 7) is 3.86. The van der Waals surface area contributed by atoms with Gasteiger partial charge in [0, 0.05) is 6.04 Å². The van der Waals surface area contributed by atoms with Crippen molar-refractivity contribution in [1.82, 2.24) is 0 Å². The second-order valence-electron chi connectivity index (χ2n) is 3.63. The summed E-state index contributed by atoms with van der Waals surface area (Å²) in [4.78, 5) is 0. The Bertz CT molecular complexity index is 246. The molecule has 0 heterocycles. The molecule has 1 aromatic rings. The molecular weight excluding hydrogens is 165 g/mol. The van der Waals surface area contributed by atoms with E-state index >= 15 is 0 Å². The van der Waals surface area contributed by atoms with Crippen LogP contribution in [0.3, 0.4) is 0 Å². The maximum atomic E-state index is 13.7. The Balaban J connectivity index is 2.73. The minimum Gasteiger partial charge on any atom is -0.325 e. The number of hydrogen-bond acceptors (Lipinski definition) is 1. The Morgan fingerprint density at radius 3 is 2.15 bits per heavy atom. The molecule has 0 fully saturated rings. The summed E-state index contributed by atoms with van der Waals surface area (Å²) in [5.74, 6) is 0.162. The van der Waals surface area contributed by atoms with Gasteiger partial charge in [-0.25, -0.2) is 4.39 Å². The fourth-order valence-electron chi connectivity index (χ4n) is 1.20. The summed E-state index contributed by atoms with van der Waals surface area (Å²) in [6.07, 6.45) is -1.05. The summed E-state index contributed by atoms with van der Waals surface area (Å²) in [6, 6.07) is 8.66. The minimum absolute atomic E-state index is 0.162. The lowest BCUT2D eigenvalue weighted by molar-refractivity contribution is 0.247. The Labute approximate surface area is 78.8 Å². The van der Waals surface area contributed by atoms with Crippen LogP contribution in [0.4, 0.5) is 4.39 Å². The Morgan fingerprint density at radius 2 is 1.69 bits per heavy atom. The second kappa shape index (κ2) is 4.38. The quantitative estimate of drug-likeness (QED) is 0.762. The summed E-state index contributed by atoms with van der Waals surface area (Å²) >= 11 is 0. The molecule has 2 unspecified atom stereocenters. The van der Waals surface area contributed by atoms with Crippen molar-refractivity contribution in [3.8, 4) is 0 Å². The highest BCUT2D eigenvalue weighted by Crippen LogP contribution is 2.23. The smallest absolute Gasteiger partial charge is 0.140 e. The summed E-state index contributed by atoms with van der Waals surface area (Å²) in [7, 11) is 0. The number of benzene rings is 1. The zero-order valence-corrected chi connectivity index (χ0v) is 8.07. The maximum absolute atomic E-state index is 13.7. The number of halogens is 1. The topological polar surface area (TPSA) is 26.0 Å². The zero-order valence-electron chi connectivity index (χ0n) is 8.07. The van der Waals surface area contributed by atoms with Crippen molar-refractivity contribution < 1.29 is 4.39 Å². The Kier molecular flexibility index (Phi) is 3.43. The highest BCUT2D eigenvalue weighted by molar-refractivity contribution is 5.18. The van der Waals surface area contributed by atoms with Gasteiger partial charge in [-0.05, 0) is 11.5 Å². The van der Waals surface area contributed by atoms with E-state index in [4.69, 9.17) is 5.73 Å². The monoisotopic (exact) mass is 181 g/mol. The van der Waals surface area contributed by atoms with E-state index in [1.807, 2.05) is 32.0 Å². The number of hydrogen-bond donors (Lipinski definition) is 1. The fourth-order valence-corrected chi connectivity index (χ4v) is 1.20. The Morgan fingerprint density at radius 1 is 1.15 bits per heavy atom. The van der Waals surface area contributed by atoms with Crippen molar-refractivity contribution in [2.45, 2.75) is 26.1 Å². The standard InChI is InChI=1S/C11H16FN/c1-8(2)11(13)10(12)9-6-4-3-5-7-9/h3-8,10-11H,13H2,1-2H3. The molecule has 13 heavy (non-hydrogen) atoms. The molecule has 0 aliphatic heterocycles. The average molecular weight is 181 g/mol. The Hall–Kier alpha value is -0.890. The van der Waals surface area contributed by atoms with Gasteiger partial charge in [0.1, 0.15) is 6.17 Å². The van der Waals surface area contributed by atoms with Crippen LogP contribution in [0.1, 0.15) is 25.6 Å². The molecule has 0 aliphatic carbocycles. The number of rotatable bonds is 3. The molecule has 0 spiro atoms. The molecule has 0 radical (unpaired) electrons. The van der Waals surface area contributed by atoms with Crippen molar-refractivity contribution in [3.05, 3.63) is 35.9 Å². The van der Waals surface area contributed by atoms with Crippen LogP contribution >= 0.6 is 0 Å². The molecule has 2 N–H and O–H groups in total. The van der Waals surface area contributed by atoms with E-state index in [0.717, 1.165) is 0 Å². The van der Waals surface area contributed by atoms with Crippen LogP contribution in [0, 0.1) is 5.92 Å². The molecule has 0 aromatic heterocycles. The zero-order chi connectivity index (χ0) is 9.84. The largest absolute Gasteiger partial charge is 0.325 e. The third kappa shape index (κ3) is 2.52. The third-order valence-electron chi connectivity index (χ3n) is 2.23. The van der Waals surface area contributed by atoms with Gasteiger partial charge in [0.25, 0.3) is 0 Å². The molecule has 1 rings (SSSR count). The lowest BCUT2D eigenvalue weighted by atomic mass is 9.95. The maximum Gasteiger partial charge on any atom is 0.140 e.